The van der Waals surface area contributed by atoms with Crippen LogP contribution in [0.25, 0.3) is 0 Å². The highest BCUT2D eigenvalue weighted by atomic mass is 16.6. The Morgan fingerprint density at radius 1 is 0.270 bits per heavy atom. The fraction of sp³-hybridized carbons (Fsp3) is 0.838. The van der Waals surface area contributed by atoms with E-state index in [1.807, 2.05) is 0 Å². The molecule has 74 heavy (non-hydrogen) atoms. The van der Waals surface area contributed by atoms with Gasteiger partial charge in [0.25, 0.3) is 0 Å². The van der Waals surface area contributed by atoms with Crippen molar-refractivity contribution < 1.29 is 28.6 Å². The topological polar surface area (TPSA) is 78.9 Å². The standard InChI is InChI=1S/C68H124O6/c1-4-7-10-13-16-19-22-25-28-30-31-32-33-34-35-36-37-39-40-43-46-49-52-55-58-61-67(70)73-64-65(63-72-66(69)60-57-54-51-48-45-42-27-24-21-18-15-12-9-6-3)74-68(71)62-59-56-53-50-47-44-41-38-29-26-23-20-17-14-11-8-5-2/h15,18,22,24-25,27,30-31,65H,4-14,16-17,19-21,23,26,28-29,32-64H2,1-3H3/b18-15-,25-22-,27-24-,31-30-. The molecule has 0 saturated carbocycles. The Kier molecular flexibility index (Phi) is 60.7. The molecule has 1 unspecified atom stereocenters. The number of rotatable bonds is 60. The number of ether oxygens (including phenoxy) is 3. The van der Waals surface area contributed by atoms with Gasteiger partial charge < -0.3 is 14.2 Å². The van der Waals surface area contributed by atoms with Gasteiger partial charge in [-0.1, -0.05) is 301 Å². The molecule has 0 spiro atoms. The van der Waals surface area contributed by atoms with Crippen molar-refractivity contribution in [3.8, 4) is 0 Å². The van der Waals surface area contributed by atoms with Gasteiger partial charge in [0.05, 0.1) is 0 Å². The number of carbonyl (C=O) groups is 3. The fourth-order valence-electron chi connectivity index (χ4n) is 9.61. The van der Waals surface area contributed by atoms with Crippen molar-refractivity contribution in [1.29, 1.82) is 0 Å². The first-order chi connectivity index (χ1) is 36.5. The molecule has 0 aliphatic heterocycles. The number of allylic oxidation sites excluding steroid dienone is 8. The number of carbonyl (C=O) groups excluding carboxylic acids is 3. The van der Waals surface area contributed by atoms with E-state index < -0.39 is 6.10 Å². The van der Waals surface area contributed by atoms with E-state index in [1.54, 1.807) is 0 Å². The van der Waals surface area contributed by atoms with Crippen LogP contribution in [-0.4, -0.2) is 37.2 Å². The minimum absolute atomic E-state index is 0.0741. The van der Waals surface area contributed by atoms with E-state index in [9.17, 15) is 14.4 Å². The molecule has 0 amide bonds. The van der Waals surface area contributed by atoms with Crippen molar-refractivity contribution in [3.05, 3.63) is 48.6 Å². The van der Waals surface area contributed by atoms with E-state index in [0.717, 1.165) is 83.5 Å². The predicted molar refractivity (Wildman–Crippen MR) is 321 cm³/mol. The lowest BCUT2D eigenvalue weighted by Crippen LogP contribution is -2.30. The second-order valence-corrected chi connectivity index (χ2v) is 22.0. The zero-order valence-electron chi connectivity index (χ0n) is 49.6. The second kappa shape index (κ2) is 62.9. The van der Waals surface area contributed by atoms with E-state index in [4.69, 9.17) is 14.2 Å². The maximum absolute atomic E-state index is 12.9. The monoisotopic (exact) mass is 1040 g/mol. The van der Waals surface area contributed by atoms with Gasteiger partial charge >= 0.3 is 17.9 Å². The number of hydrogen-bond donors (Lipinski definition) is 0. The van der Waals surface area contributed by atoms with E-state index >= 15 is 0 Å². The van der Waals surface area contributed by atoms with Crippen molar-refractivity contribution >= 4 is 17.9 Å². The lowest BCUT2D eigenvalue weighted by Gasteiger charge is -2.18. The fourth-order valence-corrected chi connectivity index (χ4v) is 9.61. The van der Waals surface area contributed by atoms with Crippen LogP contribution < -0.4 is 0 Å². The Labute approximate surface area is 460 Å². The summed E-state index contributed by atoms with van der Waals surface area (Å²) in [5.74, 6) is -0.867. The van der Waals surface area contributed by atoms with Crippen molar-refractivity contribution in [2.45, 2.75) is 354 Å². The Morgan fingerprint density at radius 3 is 0.784 bits per heavy atom. The highest BCUT2D eigenvalue weighted by molar-refractivity contribution is 5.71. The molecule has 6 nitrogen and oxygen atoms in total. The third kappa shape index (κ3) is 60.2. The van der Waals surface area contributed by atoms with Gasteiger partial charge in [-0.3, -0.25) is 14.4 Å². The van der Waals surface area contributed by atoms with E-state index in [2.05, 4.69) is 69.4 Å². The van der Waals surface area contributed by atoms with Crippen LogP contribution in [0.1, 0.15) is 348 Å². The van der Waals surface area contributed by atoms with Gasteiger partial charge in [0.15, 0.2) is 6.10 Å². The Balaban J connectivity index is 4.27. The predicted octanol–water partition coefficient (Wildman–Crippen LogP) is 22.2. The molecule has 0 aromatic carbocycles. The molecule has 1 atom stereocenters. The van der Waals surface area contributed by atoms with Crippen molar-refractivity contribution in [1.82, 2.24) is 0 Å². The zero-order valence-corrected chi connectivity index (χ0v) is 49.6. The molecule has 0 bridgehead atoms. The van der Waals surface area contributed by atoms with Crippen LogP contribution in [0.3, 0.4) is 0 Å². The van der Waals surface area contributed by atoms with Crippen LogP contribution in [0.15, 0.2) is 48.6 Å². The van der Waals surface area contributed by atoms with Gasteiger partial charge in [-0.15, -0.1) is 0 Å². The number of unbranched alkanes of at least 4 members (excludes halogenated alkanes) is 41. The maximum atomic E-state index is 12.9. The molecule has 0 aromatic heterocycles. The zero-order chi connectivity index (χ0) is 53.6. The first-order valence-electron chi connectivity index (χ1n) is 32.6. The SMILES string of the molecule is CCCC/C=C\C/C=C\CCCCCCCC(=O)OCC(COC(=O)CCCCCCCCCCCCCCC/C=C\C/C=C\CCCCCCC)OC(=O)CCCCCCCCCCCCCCCCCCC. The van der Waals surface area contributed by atoms with E-state index in [0.29, 0.717) is 19.3 Å². The molecule has 0 saturated heterocycles. The van der Waals surface area contributed by atoms with Crippen LogP contribution in [0.4, 0.5) is 0 Å². The molecule has 6 heteroatoms. The molecule has 0 fully saturated rings. The normalized spacial score (nSPS) is 12.3. The smallest absolute Gasteiger partial charge is 0.306 e. The Morgan fingerprint density at radius 2 is 0.500 bits per heavy atom. The van der Waals surface area contributed by atoms with Crippen LogP contribution in [0.2, 0.25) is 0 Å². The quantitative estimate of drug-likeness (QED) is 0.0261. The third-order valence-electron chi connectivity index (χ3n) is 14.6. The largest absolute Gasteiger partial charge is 0.462 e. The van der Waals surface area contributed by atoms with Crippen molar-refractivity contribution in [2.75, 3.05) is 13.2 Å². The summed E-state index contributed by atoms with van der Waals surface area (Å²) >= 11 is 0. The summed E-state index contributed by atoms with van der Waals surface area (Å²) in [5, 5.41) is 0. The molecular formula is C68H124O6. The van der Waals surface area contributed by atoms with E-state index in [-0.39, 0.29) is 31.1 Å². The molecule has 0 aromatic rings. The maximum Gasteiger partial charge on any atom is 0.306 e. The summed E-state index contributed by atoms with van der Waals surface area (Å²) < 4.78 is 16.9. The average Bonchev–Trinajstić information content (AvgIpc) is 3.40. The highest BCUT2D eigenvalue weighted by Crippen LogP contribution is 2.17. The summed E-state index contributed by atoms with van der Waals surface area (Å²) in [6, 6.07) is 0. The molecule has 432 valence electrons. The highest BCUT2D eigenvalue weighted by Gasteiger charge is 2.19. The summed E-state index contributed by atoms with van der Waals surface area (Å²) in [6.45, 7) is 6.63. The summed E-state index contributed by atoms with van der Waals surface area (Å²) in [6.07, 6.45) is 78.3. The molecule has 0 heterocycles. The van der Waals surface area contributed by atoms with Crippen LogP contribution in [-0.2, 0) is 28.6 Å². The minimum atomic E-state index is -0.777. The number of esters is 3. The first kappa shape index (κ1) is 71.4. The van der Waals surface area contributed by atoms with Gasteiger partial charge in [-0.05, 0) is 77.0 Å². The van der Waals surface area contributed by atoms with Gasteiger partial charge in [0.2, 0.25) is 0 Å². The van der Waals surface area contributed by atoms with Crippen LogP contribution in [0, 0.1) is 0 Å². The average molecular weight is 1040 g/mol. The van der Waals surface area contributed by atoms with Crippen LogP contribution >= 0.6 is 0 Å². The summed E-state index contributed by atoms with van der Waals surface area (Å²) in [4.78, 5) is 38.3. The molecule has 0 rings (SSSR count). The van der Waals surface area contributed by atoms with Gasteiger partial charge in [0.1, 0.15) is 13.2 Å². The molecule has 0 N–H and O–H groups in total. The van der Waals surface area contributed by atoms with Gasteiger partial charge in [-0.25, -0.2) is 0 Å². The van der Waals surface area contributed by atoms with Gasteiger partial charge in [-0.2, -0.15) is 0 Å². The Bertz CT molecular complexity index is 1280. The molecular weight excluding hydrogens is 913 g/mol. The third-order valence-corrected chi connectivity index (χ3v) is 14.6. The van der Waals surface area contributed by atoms with Crippen molar-refractivity contribution in [3.63, 3.8) is 0 Å². The van der Waals surface area contributed by atoms with Crippen molar-refractivity contribution in [2.24, 2.45) is 0 Å². The van der Waals surface area contributed by atoms with Crippen LogP contribution in [0.5, 0.6) is 0 Å². The lowest BCUT2D eigenvalue weighted by molar-refractivity contribution is -0.167. The Hall–Kier alpha value is -2.63. The summed E-state index contributed by atoms with van der Waals surface area (Å²) in [7, 11) is 0. The van der Waals surface area contributed by atoms with E-state index in [1.165, 1.54) is 225 Å². The molecule has 0 aliphatic carbocycles. The number of hydrogen-bond acceptors (Lipinski definition) is 6. The lowest BCUT2D eigenvalue weighted by atomic mass is 10.0. The molecule has 0 aliphatic rings. The minimum Gasteiger partial charge on any atom is -0.462 e. The summed E-state index contributed by atoms with van der Waals surface area (Å²) in [5.41, 5.74) is 0. The second-order valence-electron chi connectivity index (χ2n) is 22.0. The molecule has 0 radical (unpaired) electrons. The van der Waals surface area contributed by atoms with Gasteiger partial charge in [0, 0.05) is 19.3 Å². The first-order valence-corrected chi connectivity index (χ1v) is 32.6.